The van der Waals surface area contributed by atoms with Gasteiger partial charge in [-0.15, -0.1) is 0 Å². The largest absolute Gasteiger partial charge is 0.323 e. The van der Waals surface area contributed by atoms with Gasteiger partial charge in [0.25, 0.3) is 5.56 Å². The molecule has 0 saturated heterocycles. The van der Waals surface area contributed by atoms with Crippen molar-refractivity contribution in [3.63, 3.8) is 0 Å². The van der Waals surface area contributed by atoms with E-state index >= 15 is 0 Å². The minimum Gasteiger partial charge on any atom is -0.323 e. The molecule has 4 rings (SSSR count). The molecule has 0 amide bonds. The molecule has 0 atom stereocenters. The lowest BCUT2D eigenvalue weighted by molar-refractivity contribution is 0.628. The summed E-state index contributed by atoms with van der Waals surface area (Å²) in [6, 6.07) is 8.02. The number of benzene rings is 1. The maximum absolute atomic E-state index is 13.3. The summed E-state index contributed by atoms with van der Waals surface area (Å²) in [7, 11) is 1.85. The van der Waals surface area contributed by atoms with E-state index in [9.17, 15) is 9.18 Å². The van der Waals surface area contributed by atoms with Gasteiger partial charge in [0.1, 0.15) is 18.0 Å². The first-order chi connectivity index (χ1) is 14.4. The van der Waals surface area contributed by atoms with Crippen molar-refractivity contribution >= 4 is 11.6 Å². The number of aryl methyl sites for hydroxylation is 2. The lowest BCUT2D eigenvalue weighted by Crippen LogP contribution is -2.17. The maximum atomic E-state index is 13.3. The van der Waals surface area contributed by atoms with Gasteiger partial charge < -0.3 is 5.32 Å². The van der Waals surface area contributed by atoms with Crippen molar-refractivity contribution < 1.29 is 4.39 Å². The highest BCUT2D eigenvalue weighted by atomic mass is 19.1. The van der Waals surface area contributed by atoms with Crippen LogP contribution in [0.2, 0.25) is 0 Å². The fourth-order valence-corrected chi connectivity index (χ4v) is 3.42. The van der Waals surface area contributed by atoms with Crippen molar-refractivity contribution in [2.24, 2.45) is 7.05 Å². The van der Waals surface area contributed by atoms with Gasteiger partial charge in [0.05, 0.1) is 5.69 Å². The van der Waals surface area contributed by atoms with Gasteiger partial charge in [0, 0.05) is 35.5 Å². The normalized spacial score (nSPS) is 11.1. The predicted octanol–water partition coefficient (Wildman–Crippen LogP) is 3.42. The van der Waals surface area contributed by atoms with E-state index in [4.69, 9.17) is 0 Å². The van der Waals surface area contributed by atoms with Crippen molar-refractivity contribution in [1.29, 1.82) is 0 Å². The van der Waals surface area contributed by atoms with Crippen LogP contribution in [0.4, 0.5) is 16.0 Å². The van der Waals surface area contributed by atoms with Gasteiger partial charge in [-0.3, -0.25) is 14.6 Å². The second kappa shape index (κ2) is 7.58. The molecule has 0 aliphatic rings. The topological polar surface area (TPSA) is 93.4 Å². The zero-order valence-corrected chi connectivity index (χ0v) is 17.2. The fourth-order valence-electron chi connectivity index (χ4n) is 3.42. The van der Waals surface area contributed by atoms with E-state index in [2.05, 4.69) is 25.5 Å². The first-order valence-corrected chi connectivity index (χ1v) is 9.58. The Morgan fingerprint density at radius 3 is 2.53 bits per heavy atom. The number of hydrogen-bond acceptors (Lipinski definition) is 5. The number of nitrogens with zero attached hydrogens (tertiary/aromatic N) is 5. The van der Waals surface area contributed by atoms with Crippen molar-refractivity contribution in [1.82, 2.24) is 29.5 Å². The molecule has 0 saturated carbocycles. The number of aromatic nitrogens is 6. The van der Waals surface area contributed by atoms with Gasteiger partial charge in [0.2, 0.25) is 0 Å². The van der Waals surface area contributed by atoms with Crippen LogP contribution in [0, 0.1) is 19.7 Å². The van der Waals surface area contributed by atoms with Crippen LogP contribution < -0.4 is 10.9 Å². The molecule has 8 nitrogen and oxygen atoms in total. The summed E-state index contributed by atoms with van der Waals surface area (Å²) in [6.45, 7) is 5.64. The van der Waals surface area contributed by atoms with Crippen LogP contribution in [0.15, 0.2) is 41.5 Å². The third-order valence-corrected chi connectivity index (χ3v) is 5.11. The molecule has 0 fully saturated rings. The summed E-state index contributed by atoms with van der Waals surface area (Å²) in [6.07, 6.45) is 2.11. The second-order valence-corrected chi connectivity index (χ2v) is 7.05. The van der Waals surface area contributed by atoms with E-state index in [-0.39, 0.29) is 11.4 Å². The highest BCUT2D eigenvalue weighted by Gasteiger charge is 2.18. The molecule has 0 aliphatic heterocycles. The molecule has 2 N–H and O–H groups in total. The number of aromatic amines is 1. The number of nitrogens with one attached hydrogen (secondary N) is 2. The third-order valence-electron chi connectivity index (χ3n) is 5.11. The Morgan fingerprint density at radius 1 is 1.17 bits per heavy atom. The van der Waals surface area contributed by atoms with Crippen molar-refractivity contribution in [2.45, 2.75) is 27.2 Å². The summed E-state index contributed by atoms with van der Waals surface area (Å²) in [5, 5.41) is 10.8. The van der Waals surface area contributed by atoms with Crippen molar-refractivity contribution in [3.8, 4) is 17.1 Å². The average molecular weight is 407 g/mol. The highest BCUT2D eigenvalue weighted by Crippen LogP contribution is 2.31. The van der Waals surface area contributed by atoms with Gasteiger partial charge in [0.15, 0.2) is 11.6 Å². The Labute approximate surface area is 172 Å². The van der Waals surface area contributed by atoms with Gasteiger partial charge in [-0.1, -0.05) is 6.92 Å². The molecule has 0 radical (unpaired) electrons. The smallest absolute Gasteiger partial charge is 0.275 e. The summed E-state index contributed by atoms with van der Waals surface area (Å²) < 4.78 is 16.5. The van der Waals surface area contributed by atoms with Crippen LogP contribution in [0.3, 0.4) is 0 Å². The Hall–Kier alpha value is -3.75. The summed E-state index contributed by atoms with van der Waals surface area (Å²) in [4.78, 5) is 20.9. The molecule has 1 aromatic carbocycles. The van der Waals surface area contributed by atoms with E-state index in [1.807, 2.05) is 20.9 Å². The summed E-state index contributed by atoms with van der Waals surface area (Å²) in [5.41, 5.74) is 4.04. The number of H-pyrrole nitrogens is 1. The average Bonchev–Trinajstić information content (AvgIpc) is 3.19. The molecular formula is C21H22FN7O. The zero-order chi connectivity index (χ0) is 21.4. The Bertz CT molecular complexity index is 1270. The van der Waals surface area contributed by atoms with Gasteiger partial charge in [-0.25, -0.2) is 19.0 Å². The monoisotopic (exact) mass is 407 g/mol. The fraction of sp³-hybridized carbons (Fsp3) is 0.238. The lowest BCUT2D eigenvalue weighted by Gasteiger charge is -2.08. The van der Waals surface area contributed by atoms with E-state index in [1.165, 1.54) is 23.1 Å². The van der Waals surface area contributed by atoms with Crippen molar-refractivity contribution in [3.05, 3.63) is 69.7 Å². The summed E-state index contributed by atoms with van der Waals surface area (Å²) >= 11 is 0. The van der Waals surface area contributed by atoms with E-state index < -0.39 is 0 Å². The van der Waals surface area contributed by atoms with Crippen LogP contribution in [0.1, 0.15) is 23.7 Å². The molecule has 0 spiro atoms. The minimum absolute atomic E-state index is 0.150. The van der Waals surface area contributed by atoms with Gasteiger partial charge >= 0.3 is 0 Å². The molecule has 3 heterocycles. The number of rotatable bonds is 5. The molecule has 3 aromatic heterocycles. The predicted molar refractivity (Wildman–Crippen MR) is 113 cm³/mol. The van der Waals surface area contributed by atoms with Crippen LogP contribution in [0.25, 0.3) is 17.1 Å². The highest BCUT2D eigenvalue weighted by molar-refractivity contribution is 5.72. The molecule has 30 heavy (non-hydrogen) atoms. The SMILES string of the molecule is CCc1c(Nc2cc(-n3[nH]c(C)c(C)c3=O)ncn2)nn(C)c1-c1ccc(F)cc1. The first-order valence-electron chi connectivity index (χ1n) is 9.58. The van der Waals surface area contributed by atoms with Crippen LogP contribution in [-0.2, 0) is 13.5 Å². The van der Waals surface area contributed by atoms with E-state index in [0.717, 1.165) is 28.9 Å². The first kappa shape index (κ1) is 19.6. The molecule has 0 aliphatic carbocycles. The molecule has 4 aromatic rings. The molecule has 0 unspecified atom stereocenters. The van der Waals surface area contributed by atoms with Crippen LogP contribution >= 0.6 is 0 Å². The number of hydrogen-bond donors (Lipinski definition) is 2. The standard InChI is InChI=1S/C21H22FN7O/c1-5-16-19(14-6-8-15(22)9-7-14)28(4)27-20(16)25-17-10-18(24-11-23-17)29-21(30)12(2)13(3)26-29/h6-11,26H,5H2,1-4H3,(H,23,24,25,27). The Morgan fingerprint density at radius 2 is 1.90 bits per heavy atom. The third kappa shape index (κ3) is 3.38. The minimum atomic E-state index is -0.282. The van der Waals surface area contributed by atoms with E-state index in [0.29, 0.717) is 23.0 Å². The van der Waals surface area contributed by atoms with Crippen LogP contribution in [-0.4, -0.2) is 29.5 Å². The zero-order valence-electron chi connectivity index (χ0n) is 17.2. The quantitative estimate of drug-likeness (QED) is 0.529. The maximum Gasteiger partial charge on any atom is 0.275 e. The Kier molecular flexibility index (Phi) is 4.94. The second-order valence-electron chi connectivity index (χ2n) is 7.05. The van der Waals surface area contributed by atoms with Crippen LogP contribution in [0.5, 0.6) is 0 Å². The Balaban J connectivity index is 1.72. The van der Waals surface area contributed by atoms with Gasteiger partial charge in [-0.05, 0) is 44.5 Å². The molecule has 154 valence electrons. The molecule has 0 bridgehead atoms. The number of halogens is 1. The van der Waals surface area contributed by atoms with E-state index in [1.54, 1.807) is 29.8 Å². The summed E-state index contributed by atoms with van der Waals surface area (Å²) in [5.74, 6) is 1.31. The number of anilines is 2. The lowest BCUT2D eigenvalue weighted by atomic mass is 10.1. The molecular weight excluding hydrogens is 385 g/mol. The van der Waals surface area contributed by atoms with Gasteiger partial charge in [-0.2, -0.15) is 5.10 Å². The molecule has 9 heteroatoms. The van der Waals surface area contributed by atoms with Crippen molar-refractivity contribution in [2.75, 3.05) is 5.32 Å².